The summed E-state index contributed by atoms with van der Waals surface area (Å²) in [5.74, 6) is -0.477. The molecule has 0 atom stereocenters. The van der Waals surface area contributed by atoms with Crippen molar-refractivity contribution in [2.45, 2.75) is 51.1 Å². The monoisotopic (exact) mass is 290 g/mol. The average molecular weight is 290 g/mol. The van der Waals surface area contributed by atoms with E-state index in [1.807, 2.05) is 24.3 Å². The summed E-state index contributed by atoms with van der Waals surface area (Å²) in [6, 6.07) is 7.62. The molecule has 0 aromatic heterocycles. The number of aliphatic carboxylic acids is 1. The lowest BCUT2D eigenvalue weighted by Crippen LogP contribution is -2.61. The zero-order valence-corrected chi connectivity index (χ0v) is 12.5. The van der Waals surface area contributed by atoms with Crippen LogP contribution in [0.25, 0.3) is 0 Å². The van der Waals surface area contributed by atoms with Crippen molar-refractivity contribution in [2.75, 3.05) is 0 Å². The first kappa shape index (κ1) is 15.4. The average Bonchev–Trinajstić information content (AvgIpc) is 2.40. The largest absolute Gasteiger partial charge is 0.480 e. The molecule has 3 N–H and O–H groups in total. The van der Waals surface area contributed by atoms with Gasteiger partial charge in [-0.1, -0.05) is 38.1 Å². The Morgan fingerprint density at radius 3 is 2.29 bits per heavy atom. The number of hydrogen-bond donors (Lipinski definition) is 3. The first-order valence-corrected chi connectivity index (χ1v) is 7.31. The Bertz CT molecular complexity index is 519. The second-order valence-corrected chi connectivity index (χ2v) is 5.94. The van der Waals surface area contributed by atoms with Gasteiger partial charge in [0, 0.05) is 6.54 Å². The number of urea groups is 1. The molecule has 0 bridgehead atoms. The first-order chi connectivity index (χ1) is 9.93. The number of rotatable bonds is 5. The molecule has 0 spiro atoms. The molecule has 1 aromatic rings. The van der Waals surface area contributed by atoms with E-state index in [-0.39, 0.29) is 0 Å². The topological polar surface area (TPSA) is 78.4 Å². The summed E-state index contributed by atoms with van der Waals surface area (Å²) in [5, 5.41) is 14.5. The third-order valence-electron chi connectivity index (χ3n) is 4.07. The SMILES string of the molecule is CC(C)c1ccc(CNC(=O)NC2(C(=O)O)CCC2)cc1. The van der Waals surface area contributed by atoms with Crippen LogP contribution in [0.3, 0.4) is 0 Å². The maximum atomic E-state index is 11.8. The molecule has 2 rings (SSSR count). The molecular weight excluding hydrogens is 268 g/mol. The molecule has 0 aliphatic heterocycles. The Hall–Kier alpha value is -2.04. The van der Waals surface area contributed by atoms with Crippen LogP contribution in [-0.2, 0) is 11.3 Å². The van der Waals surface area contributed by atoms with Gasteiger partial charge in [0.15, 0.2) is 0 Å². The second-order valence-electron chi connectivity index (χ2n) is 5.94. The van der Waals surface area contributed by atoms with Crippen LogP contribution < -0.4 is 10.6 Å². The number of hydrogen-bond acceptors (Lipinski definition) is 2. The van der Waals surface area contributed by atoms with E-state index in [0.29, 0.717) is 25.3 Å². The van der Waals surface area contributed by atoms with Crippen LogP contribution in [0.1, 0.15) is 50.2 Å². The van der Waals surface area contributed by atoms with Gasteiger partial charge in [0.05, 0.1) is 0 Å². The fraction of sp³-hybridized carbons (Fsp3) is 0.500. The number of carboxylic acid groups (broad SMARTS) is 1. The van der Waals surface area contributed by atoms with Crippen LogP contribution in [0.15, 0.2) is 24.3 Å². The van der Waals surface area contributed by atoms with Crippen molar-refractivity contribution in [1.29, 1.82) is 0 Å². The number of carboxylic acids is 1. The maximum Gasteiger partial charge on any atom is 0.329 e. The van der Waals surface area contributed by atoms with Crippen molar-refractivity contribution < 1.29 is 14.7 Å². The van der Waals surface area contributed by atoms with E-state index in [9.17, 15) is 9.59 Å². The summed E-state index contributed by atoms with van der Waals surface area (Å²) in [6.45, 7) is 4.65. The van der Waals surface area contributed by atoms with Crippen molar-refractivity contribution in [2.24, 2.45) is 0 Å². The molecule has 2 amide bonds. The Labute approximate surface area is 124 Å². The summed E-state index contributed by atoms with van der Waals surface area (Å²) in [4.78, 5) is 23.0. The van der Waals surface area contributed by atoms with Crippen molar-refractivity contribution in [3.05, 3.63) is 35.4 Å². The molecule has 114 valence electrons. The Morgan fingerprint density at radius 1 is 1.24 bits per heavy atom. The molecule has 0 heterocycles. The van der Waals surface area contributed by atoms with Crippen molar-refractivity contribution in [1.82, 2.24) is 10.6 Å². The molecule has 0 radical (unpaired) electrons. The van der Waals surface area contributed by atoms with Crippen LogP contribution in [0.4, 0.5) is 4.79 Å². The Balaban J connectivity index is 1.85. The van der Waals surface area contributed by atoms with Crippen LogP contribution in [0.2, 0.25) is 0 Å². The molecule has 21 heavy (non-hydrogen) atoms. The summed E-state index contributed by atoms with van der Waals surface area (Å²) in [5.41, 5.74) is 1.18. The van der Waals surface area contributed by atoms with Crippen LogP contribution in [0, 0.1) is 0 Å². The number of carbonyl (C=O) groups is 2. The van der Waals surface area contributed by atoms with Crippen LogP contribution >= 0.6 is 0 Å². The Kier molecular flexibility index (Phi) is 4.50. The Morgan fingerprint density at radius 2 is 1.86 bits per heavy atom. The molecule has 0 saturated heterocycles. The van der Waals surface area contributed by atoms with Gasteiger partial charge in [-0.3, -0.25) is 0 Å². The molecule has 1 aliphatic rings. The van der Waals surface area contributed by atoms with Gasteiger partial charge in [-0.2, -0.15) is 0 Å². The van der Waals surface area contributed by atoms with Gasteiger partial charge in [0.25, 0.3) is 0 Å². The van der Waals surface area contributed by atoms with Gasteiger partial charge < -0.3 is 15.7 Å². The highest BCUT2D eigenvalue weighted by Crippen LogP contribution is 2.31. The third-order valence-corrected chi connectivity index (χ3v) is 4.07. The lowest BCUT2D eigenvalue weighted by atomic mass is 9.77. The highest BCUT2D eigenvalue weighted by atomic mass is 16.4. The summed E-state index contributed by atoms with van der Waals surface area (Å²) >= 11 is 0. The predicted octanol–water partition coefficient (Wildman–Crippen LogP) is 2.62. The summed E-state index contributed by atoms with van der Waals surface area (Å²) in [7, 11) is 0. The number of carbonyl (C=O) groups excluding carboxylic acids is 1. The van der Waals surface area contributed by atoms with E-state index in [1.54, 1.807) is 0 Å². The van der Waals surface area contributed by atoms with Crippen molar-refractivity contribution in [3.63, 3.8) is 0 Å². The van der Waals surface area contributed by atoms with Gasteiger partial charge in [0.2, 0.25) is 0 Å². The molecule has 5 nitrogen and oxygen atoms in total. The normalized spacial score (nSPS) is 16.1. The highest BCUT2D eigenvalue weighted by Gasteiger charge is 2.45. The molecule has 0 unspecified atom stereocenters. The van der Waals surface area contributed by atoms with E-state index in [2.05, 4.69) is 24.5 Å². The van der Waals surface area contributed by atoms with E-state index in [1.165, 1.54) is 5.56 Å². The van der Waals surface area contributed by atoms with Gasteiger partial charge in [-0.25, -0.2) is 9.59 Å². The zero-order valence-electron chi connectivity index (χ0n) is 12.5. The van der Waals surface area contributed by atoms with E-state index in [4.69, 9.17) is 5.11 Å². The van der Waals surface area contributed by atoms with E-state index in [0.717, 1.165) is 12.0 Å². The molecular formula is C16H22N2O3. The van der Waals surface area contributed by atoms with Gasteiger partial charge in [-0.15, -0.1) is 0 Å². The second kappa shape index (κ2) is 6.16. The van der Waals surface area contributed by atoms with E-state index < -0.39 is 17.5 Å². The maximum absolute atomic E-state index is 11.8. The third kappa shape index (κ3) is 3.54. The molecule has 1 fully saturated rings. The fourth-order valence-corrected chi connectivity index (χ4v) is 2.39. The molecule has 5 heteroatoms. The first-order valence-electron chi connectivity index (χ1n) is 7.31. The fourth-order valence-electron chi connectivity index (χ4n) is 2.39. The smallest absolute Gasteiger partial charge is 0.329 e. The summed E-state index contributed by atoms with van der Waals surface area (Å²) < 4.78 is 0. The quantitative estimate of drug-likeness (QED) is 0.780. The molecule has 1 aliphatic carbocycles. The summed E-state index contributed by atoms with van der Waals surface area (Å²) in [6.07, 6.45) is 1.83. The minimum atomic E-state index is -1.06. The number of benzene rings is 1. The van der Waals surface area contributed by atoms with Crippen molar-refractivity contribution in [3.8, 4) is 0 Å². The van der Waals surface area contributed by atoms with Crippen LogP contribution in [-0.4, -0.2) is 22.6 Å². The lowest BCUT2D eigenvalue weighted by molar-refractivity contribution is -0.148. The van der Waals surface area contributed by atoms with E-state index >= 15 is 0 Å². The van der Waals surface area contributed by atoms with Gasteiger partial charge >= 0.3 is 12.0 Å². The highest BCUT2D eigenvalue weighted by molar-refractivity contribution is 5.87. The van der Waals surface area contributed by atoms with Gasteiger partial charge in [0.1, 0.15) is 5.54 Å². The number of nitrogens with one attached hydrogen (secondary N) is 2. The van der Waals surface area contributed by atoms with Crippen molar-refractivity contribution >= 4 is 12.0 Å². The van der Waals surface area contributed by atoms with Gasteiger partial charge in [-0.05, 0) is 36.3 Å². The standard InChI is InChI=1S/C16H22N2O3/c1-11(2)13-6-4-12(5-7-13)10-17-15(21)18-16(14(19)20)8-3-9-16/h4-7,11H,3,8-10H2,1-2H3,(H,19,20)(H2,17,18,21). The lowest BCUT2D eigenvalue weighted by Gasteiger charge is -2.38. The molecule has 1 saturated carbocycles. The predicted molar refractivity (Wildman–Crippen MR) is 80.1 cm³/mol. The van der Waals surface area contributed by atoms with Crippen LogP contribution in [0.5, 0.6) is 0 Å². The molecule has 1 aromatic carbocycles. The zero-order chi connectivity index (χ0) is 15.5. The number of amides is 2. The minimum Gasteiger partial charge on any atom is -0.480 e. The minimum absolute atomic E-state index is 0.389.